The molecule has 0 heterocycles. The van der Waals surface area contributed by atoms with Gasteiger partial charge >= 0.3 is 5.97 Å². The Morgan fingerprint density at radius 2 is 1.36 bits per heavy atom. The minimum absolute atomic E-state index is 0.133. The van der Waals surface area contributed by atoms with Crippen LogP contribution in [0.15, 0.2) is 144 Å². The molecule has 1 atom stereocenters. The van der Waals surface area contributed by atoms with Crippen molar-refractivity contribution in [3.8, 4) is 0 Å². The largest absolute Gasteiger partial charge is 0.462 e. The molecule has 0 saturated carbocycles. The van der Waals surface area contributed by atoms with E-state index in [0.29, 0.717) is 29.1 Å². The molecule has 0 bridgehead atoms. The van der Waals surface area contributed by atoms with E-state index in [1.807, 2.05) is 37.3 Å². The number of rotatable bonds is 15. The lowest BCUT2D eigenvalue weighted by Crippen LogP contribution is -2.30. The molecule has 3 N–H and O–H groups in total. The first-order chi connectivity index (χ1) is 25.7. The van der Waals surface area contributed by atoms with E-state index >= 15 is 0 Å². The first-order valence-electron chi connectivity index (χ1n) is 16.7. The number of anilines is 2. The summed E-state index contributed by atoms with van der Waals surface area (Å²) in [5, 5.41) is 19.3. The molecule has 11 nitrogen and oxygen atoms in total. The quantitative estimate of drug-likeness (QED) is 0.0242. The van der Waals surface area contributed by atoms with Crippen LogP contribution in [0.25, 0.3) is 6.08 Å². The second-order valence-corrected chi connectivity index (χ2v) is 12.8. The summed E-state index contributed by atoms with van der Waals surface area (Å²) in [5.74, 6) is -1.97. The van der Waals surface area contributed by atoms with E-state index in [9.17, 15) is 29.3 Å². The number of nitro benzene ring substituents is 1. The summed E-state index contributed by atoms with van der Waals surface area (Å²) in [6, 6.07) is 36.7. The Bertz CT molecular complexity index is 2090. The van der Waals surface area contributed by atoms with E-state index in [1.54, 1.807) is 84.9 Å². The van der Waals surface area contributed by atoms with Crippen molar-refractivity contribution in [2.45, 2.75) is 29.9 Å². The fraction of sp³-hybridized carbons (Fsp3) is 0.122. The first-order valence-corrected chi connectivity index (χ1v) is 17.6. The third-order valence-electron chi connectivity index (χ3n) is 7.79. The molecule has 5 rings (SSSR count). The standard InChI is InChI=1S/C41H36N4O7S/c1-2-3-26-52-41(49)30-18-20-32(21-19-30)43-40(48)37(28-12-6-4-7-13-28)53-34-24-22-33(23-25-34)42-39(47)35(44-38(46)29-14-8-5-9-15-29)27-31-16-10-11-17-36(31)45(50)51/h4-25,27,37H,2-3,26H2,1H3,(H,42,47)(H,43,48)(H,44,46)/b35-27-. The number of thioether (sulfide) groups is 1. The average Bonchev–Trinajstić information content (AvgIpc) is 3.18. The zero-order valence-electron chi connectivity index (χ0n) is 28.7. The number of esters is 1. The number of carbonyl (C=O) groups excluding carboxylic acids is 4. The fourth-order valence-corrected chi connectivity index (χ4v) is 6.04. The van der Waals surface area contributed by atoms with Crippen LogP contribution >= 0.6 is 11.8 Å². The Hall–Kier alpha value is -6.53. The van der Waals surface area contributed by atoms with Gasteiger partial charge < -0.3 is 20.7 Å². The number of benzene rings is 5. The molecular formula is C41H36N4O7S. The van der Waals surface area contributed by atoms with Gasteiger partial charge in [-0.05, 0) is 84.8 Å². The predicted octanol–water partition coefficient (Wildman–Crippen LogP) is 8.43. The molecule has 3 amide bonds. The Labute approximate surface area is 310 Å². The molecule has 0 aromatic heterocycles. The van der Waals surface area contributed by atoms with Crippen LogP contribution < -0.4 is 16.0 Å². The number of para-hydroxylation sites is 1. The number of nitrogens with one attached hydrogen (secondary N) is 3. The zero-order valence-corrected chi connectivity index (χ0v) is 29.5. The van der Waals surface area contributed by atoms with E-state index in [0.717, 1.165) is 23.3 Å². The summed E-state index contributed by atoms with van der Waals surface area (Å²) >= 11 is 1.30. The lowest BCUT2D eigenvalue weighted by atomic mass is 10.1. The van der Waals surface area contributed by atoms with Crippen molar-refractivity contribution in [2.24, 2.45) is 0 Å². The topological polar surface area (TPSA) is 157 Å². The minimum atomic E-state index is -0.699. The Balaban J connectivity index is 1.31. The maximum atomic E-state index is 13.6. The maximum absolute atomic E-state index is 13.6. The van der Waals surface area contributed by atoms with Gasteiger partial charge in [0, 0.05) is 27.9 Å². The maximum Gasteiger partial charge on any atom is 0.338 e. The van der Waals surface area contributed by atoms with Gasteiger partial charge in [-0.3, -0.25) is 24.5 Å². The number of amides is 3. The zero-order chi connectivity index (χ0) is 37.6. The van der Waals surface area contributed by atoms with Crippen LogP contribution in [-0.2, 0) is 14.3 Å². The summed E-state index contributed by atoms with van der Waals surface area (Å²) in [6.45, 7) is 2.36. The van der Waals surface area contributed by atoms with Crippen molar-refractivity contribution in [3.63, 3.8) is 0 Å². The summed E-state index contributed by atoms with van der Waals surface area (Å²) < 4.78 is 5.27. The number of hydrogen-bond acceptors (Lipinski definition) is 8. The molecule has 268 valence electrons. The summed E-state index contributed by atoms with van der Waals surface area (Å²) in [5.41, 5.74) is 2.06. The van der Waals surface area contributed by atoms with Gasteiger partial charge in [0.2, 0.25) is 5.91 Å². The molecule has 0 spiro atoms. The highest BCUT2D eigenvalue weighted by atomic mass is 32.2. The number of hydrogen-bond donors (Lipinski definition) is 3. The van der Waals surface area contributed by atoms with Gasteiger partial charge in [0.05, 0.1) is 22.7 Å². The van der Waals surface area contributed by atoms with Crippen LogP contribution in [0.3, 0.4) is 0 Å². The molecule has 5 aromatic carbocycles. The third-order valence-corrected chi connectivity index (χ3v) is 9.05. The van der Waals surface area contributed by atoms with E-state index < -0.39 is 28.0 Å². The fourth-order valence-electron chi connectivity index (χ4n) is 5.02. The predicted molar refractivity (Wildman–Crippen MR) is 205 cm³/mol. The highest BCUT2D eigenvalue weighted by Crippen LogP contribution is 2.37. The Morgan fingerprint density at radius 3 is 2.02 bits per heavy atom. The summed E-state index contributed by atoms with van der Waals surface area (Å²) in [7, 11) is 0. The van der Waals surface area contributed by atoms with Crippen LogP contribution in [0.5, 0.6) is 0 Å². The Morgan fingerprint density at radius 1 is 0.755 bits per heavy atom. The van der Waals surface area contributed by atoms with Crippen molar-refractivity contribution in [3.05, 3.63) is 172 Å². The molecule has 53 heavy (non-hydrogen) atoms. The molecule has 0 fully saturated rings. The third kappa shape index (κ3) is 10.7. The normalized spacial score (nSPS) is 11.5. The van der Waals surface area contributed by atoms with Gasteiger partial charge in [-0.2, -0.15) is 0 Å². The van der Waals surface area contributed by atoms with Crippen LogP contribution in [0, 0.1) is 10.1 Å². The number of carbonyl (C=O) groups is 4. The lowest BCUT2D eigenvalue weighted by Gasteiger charge is -2.18. The highest BCUT2D eigenvalue weighted by Gasteiger charge is 2.23. The molecule has 5 aromatic rings. The minimum Gasteiger partial charge on any atom is -0.462 e. The summed E-state index contributed by atoms with van der Waals surface area (Å²) in [6.07, 6.45) is 2.96. The molecule has 0 saturated heterocycles. The average molecular weight is 729 g/mol. The van der Waals surface area contributed by atoms with Crippen LogP contribution in [-0.4, -0.2) is 35.2 Å². The van der Waals surface area contributed by atoms with Crippen molar-refractivity contribution < 1.29 is 28.8 Å². The number of unbranched alkanes of at least 4 members (excludes halogenated alkanes) is 1. The molecule has 0 aliphatic rings. The lowest BCUT2D eigenvalue weighted by molar-refractivity contribution is -0.385. The van der Waals surface area contributed by atoms with Gasteiger partial charge in [0.25, 0.3) is 17.5 Å². The van der Waals surface area contributed by atoms with Crippen molar-refractivity contribution in [1.29, 1.82) is 0 Å². The van der Waals surface area contributed by atoms with Crippen LogP contribution in [0.4, 0.5) is 17.1 Å². The monoisotopic (exact) mass is 728 g/mol. The second kappa shape index (κ2) is 18.6. The van der Waals surface area contributed by atoms with Gasteiger partial charge in [-0.1, -0.05) is 74.0 Å². The highest BCUT2D eigenvalue weighted by molar-refractivity contribution is 8.00. The molecule has 0 aliphatic heterocycles. The summed E-state index contributed by atoms with van der Waals surface area (Å²) in [4.78, 5) is 64.3. The van der Waals surface area contributed by atoms with Crippen LogP contribution in [0.1, 0.15) is 56.9 Å². The number of ether oxygens (including phenoxy) is 1. The number of nitrogens with zero attached hydrogens (tertiary/aromatic N) is 1. The van der Waals surface area contributed by atoms with Crippen LogP contribution in [0.2, 0.25) is 0 Å². The van der Waals surface area contributed by atoms with Gasteiger partial charge in [0.1, 0.15) is 10.9 Å². The molecular weight excluding hydrogens is 693 g/mol. The van der Waals surface area contributed by atoms with E-state index in [1.165, 1.54) is 36.0 Å². The Kier molecular flexibility index (Phi) is 13.3. The van der Waals surface area contributed by atoms with Crippen molar-refractivity contribution >= 4 is 58.6 Å². The van der Waals surface area contributed by atoms with Gasteiger partial charge in [-0.25, -0.2) is 4.79 Å². The smallest absolute Gasteiger partial charge is 0.338 e. The van der Waals surface area contributed by atoms with E-state index in [2.05, 4.69) is 16.0 Å². The van der Waals surface area contributed by atoms with E-state index in [-0.39, 0.29) is 22.9 Å². The molecule has 12 heteroatoms. The first kappa shape index (κ1) is 37.7. The second-order valence-electron chi connectivity index (χ2n) is 11.6. The molecule has 0 aliphatic carbocycles. The molecule has 1 unspecified atom stereocenters. The van der Waals surface area contributed by atoms with E-state index in [4.69, 9.17) is 4.74 Å². The van der Waals surface area contributed by atoms with Gasteiger partial charge in [0.15, 0.2) is 0 Å². The van der Waals surface area contributed by atoms with Crippen molar-refractivity contribution in [1.82, 2.24) is 5.32 Å². The number of nitro groups is 1. The SMILES string of the molecule is CCCCOC(=O)c1ccc(NC(=O)C(Sc2ccc(NC(=O)/C(=C/c3ccccc3[N+](=O)[O-])NC(=O)c3ccccc3)cc2)c2ccccc2)cc1. The van der Waals surface area contributed by atoms with Crippen molar-refractivity contribution in [2.75, 3.05) is 17.2 Å². The molecule has 0 radical (unpaired) electrons. The van der Waals surface area contributed by atoms with Gasteiger partial charge in [-0.15, -0.1) is 11.8 Å².